The van der Waals surface area contributed by atoms with Gasteiger partial charge >= 0.3 is 6.09 Å². The highest BCUT2D eigenvalue weighted by Gasteiger charge is 2.22. The van der Waals surface area contributed by atoms with Crippen molar-refractivity contribution in [2.24, 2.45) is 0 Å². The second kappa shape index (κ2) is 10.2. The summed E-state index contributed by atoms with van der Waals surface area (Å²) in [6.45, 7) is 7.54. The summed E-state index contributed by atoms with van der Waals surface area (Å²) in [5.41, 5.74) is 0.0563. The number of hydrogen-bond donors (Lipinski definition) is 1. The number of nitrogens with zero attached hydrogens (tertiary/aromatic N) is 2. The minimum Gasteiger partial charge on any atom is -0.444 e. The average Bonchev–Trinajstić information content (AvgIpc) is 2.86. The van der Waals surface area contributed by atoms with Gasteiger partial charge in [0.2, 0.25) is 11.8 Å². The van der Waals surface area contributed by atoms with Crippen LogP contribution in [0.25, 0.3) is 0 Å². The van der Waals surface area contributed by atoms with Crippen LogP contribution in [0.5, 0.6) is 0 Å². The second-order valence-corrected chi connectivity index (χ2v) is 8.10. The number of carbonyl (C=O) groups excluding carboxylic acids is 3. The molecular formula is C21H30FN3O4. The molecule has 1 aromatic rings. The van der Waals surface area contributed by atoms with E-state index in [1.807, 2.05) is 0 Å². The lowest BCUT2D eigenvalue weighted by Gasteiger charge is -2.23. The fourth-order valence-corrected chi connectivity index (χ4v) is 3.09. The molecule has 1 aromatic carbocycles. The molecule has 1 heterocycles. The Hall–Kier alpha value is -2.64. The van der Waals surface area contributed by atoms with Crippen molar-refractivity contribution in [3.05, 3.63) is 35.6 Å². The maximum atomic E-state index is 13.3. The lowest BCUT2D eigenvalue weighted by atomic mass is 10.1. The summed E-state index contributed by atoms with van der Waals surface area (Å²) in [6.07, 6.45) is 0.456. The van der Waals surface area contributed by atoms with Gasteiger partial charge < -0.3 is 19.9 Å². The van der Waals surface area contributed by atoms with E-state index in [0.29, 0.717) is 38.2 Å². The molecule has 7 nitrogen and oxygen atoms in total. The van der Waals surface area contributed by atoms with Gasteiger partial charge in [0.1, 0.15) is 11.4 Å². The topological polar surface area (TPSA) is 79.0 Å². The van der Waals surface area contributed by atoms with Crippen molar-refractivity contribution in [3.63, 3.8) is 0 Å². The molecule has 1 aliphatic heterocycles. The van der Waals surface area contributed by atoms with E-state index in [9.17, 15) is 18.8 Å². The molecule has 1 saturated heterocycles. The van der Waals surface area contributed by atoms with Gasteiger partial charge in [-0.3, -0.25) is 9.59 Å². The summed E-state index contributed by atoms with van der Waals surface area (Å²) in [5.74, 6) is -0.500. The molecule has 0 spiro atoms. The first-order chi connectivity index (χ1) is 13.6. The predicted molar refractivity (Wildman–Crippen MR) is 107 cm³/mol. The predicted octanol–water partition coefficient (Wildman–Crippen LogP) is 2.34. The van der Waals surface area contributed by atoms with E-state index in [1.165, 1.54) is 12.1 Å². The average molecular weight is 407 g/mol. The van der Waals surface area contributed by atoms with E-state index in [4.69, 9.17) is 4.74 Å². The van der Waals surface area contributed by atoms with Crippen LogP contribution in [0.2, 0.25) is 0 Å². The fourth-order valence-electron chi connectivity index (χ4n) is 3.09. The third kappa shape index (κ3) is 8.09. The Balaban J connectivity index is 1.76. The van der Waals surface area contributed by atoms with Gasteiger partial charge in [0.05, 0.1) is 6.42 Å². The van der Waals surface area contributed by atoms with Gasteiger partial charge in [-0.2, -0.15) is 0 Å². The Bertz CT molecular complexity index is 733. The Morgan fingerprint density at radius 2 is 1.72 bits per heavy atom. The molecule has 0 radical (unpaired) electrons. The second-order valence-electron chi connectivity index (χ2n) is 8.10. The molecule has 8 heteroatoms. The zero-order chi connectivity index (χ0) is 21.4. The van der Waals surface area contributed by atoms with Gasteiger partial charge in [0.15, 0.2) is 0 Å². The third-order valence-corrected chi connectivity index (χ3v) is 4.45. The standard InChI is InChI=1S/C21H30FN3O4/c1-21(2,3)29-20(28)23-9-8-18(26)24-10-5-11-25(13-12-24)19(27)15-16-6-4-7-17(22)14-16/h4,6-7,14H,5,8-13,15H2,1-3H3,(H,23,28). The van der Waals surface area contributed by atoms with Gasteiger partial charge in [-0.05, 0) is 44.9 Å². The van der Waals surface area contributed by atoms with Crippen LogP contribution in [0.15, 0.2) is 24.3 Å². The first kappa shape index (κ1) is 22.6. The number of benzene rings is 1. The molecule has 2 rings (SSSR count). The van der Waals surface area contributed by atoms with E-state index in [0.717, 1.165) is 0 Å². The summed E-state index contributed by atoms with van der Waals surface area (Å²) >= 11 is 0. The van der Waals surface area contributed by atoms with E-state index in [1.54, 1.807) is 42.7 Å². The minimum absolute atomic E-state index is 0.0690. The van der Waals surface area contributed by atoms with Crippen molar-refractivity contribution >= 4 is 17.9 Å². The number of carbonyl (C=O) groups is 3. The summed E-state index contributed by atoms with van der Waals surface area (Å²) in [4.78, 5) is 40.0. The quantitative estimate of drug-likeness (QED) is 0.813. The first-order valence-electron chi connectivity index (χ1n) is 9.91. The van der Waals surface area contributed by atoms with Crippen molar-refractivity contribution < 1.29 is 23.5 Å². The SMILES string of the molecule is CC(C)(C)OC(=O)NCCC(=O)N1CCCN(C(=O)Cc2cccc(F)c2)CC1. The van der Waals surface area contributed by atoms with Gasteiger partial charge in [-0.15, -0.1) is 0 Å². The normalized spacial score (nSPS) is 14.9. The lowest BCUT2D eigenvalue weighted by Crippen LogP contribution is -2.39. The zero-order valence-corrected chi connectivity index (χ0v) is 17.4. The van der Waals surface area contributed by atoms with Gasteiger partial charge in [-0.25, -0.2) is 9.18 Å². The molecular weight excluding hydrogens is 377 g/mol. The van der Waals surface area contributed by atoms with Crippen molar-refractivity contribution in [1.29, 1.82) is 0 Å². The number of hydrogen-bond acceptors (Lipinski definition) is 4. The molecule has 1 fully saturated rings. The Kier molecular flexibility index (Phi) is 7.99. The highest BCUT2D eigenvalue weighted by molar-refractivity contribution is 5.79. The fraction of sp³-hybridized carbons (Fsp3) is 0.571. The number of ether oxygens (including phenoxy) is 1. The number of halogens is 1. The minimum atomic E-state index is -0.583. The third-order valence-electron chi connectivity index (χ3n) is 4.45. The van der Waals surface area contributed by atoms with Crippen LogP contribution in [0.3, 0.4) is 0 Å². The van der Waals surface area contributed by atoms with Gasteiger partial charge in [0, 0.05) is 39.1 Å². The maximum absolute atomic E-state index is 13.3. The Morgan fingerprint density at radius 3 is 2.34 bits per heavy atom. The highest BCUT2D eigenvalue weighted by Crippen LogP contribution is 2.10. The molecule has 0 saturated carbocycles. The van der Waals surface area contributed by atoms with E-state index in [2.05, 4.69) is 5.32 Å². The molecule has 160 valence electrons. The summed E-state index contributed by atoms with van der Waals surface area (Å²) < 4.78 is 18.4. The molecule has 1 aliphatic rings. The number of alkyl carbamates (subject to hydrolysis) is 1. The molecule has 29 heavy (non-hydrogen) atoms. The maximum Gasteiger partial charge on any atom is 0.407 e. The van der Waals surface area contributed by atoms with Crippen LogP contribution in [-0.2, 0) is 20.7 Å². The summed E-state index contributed by atoms with van der Waals surface area (Å²) in [7, 11) is 0. The molecule has 0 aliphatic carbocycles. The van der Waals surface area contributed by atoms with E-state index < -0.39 is 11.7 Å². The summed E-state index contributed by atoms with van der Waals surface area (Å²) in [5, 5.41) is 2.58. The largest absolute Gasteiger partial charge is 0.444 e. The Morgan fingerprint density at radius 1 is 1.07 bits per heavy atom. The number of nitrogens with one attached hydrogen (secondary N) is 1. The first-order valence-corrected chi connectivity index (χ1v) is 9.91. The molecule has 1 N–H and O–H groups in total. The number of rotatable bonds is 5. The number of amides is 3. The van der Waals surface area contributed by atoms with Gasteiger partial charge in [-0.1, -0.05) is 12.1 Å². The monoisotopic (exact) mass is 407 g/mol. The van der Waals surface area contributed by atoms with Crippen molar-refractivity contribution in [1.82, 2.24) is 15.1 Å². The molecule has 0 atom stereocenters. The van der Waals surface area contributed by atoms with Crippen molar-refractivity contribution in [2.75, 3.05) is 32.7 Å². The zero-order valence-electron chi connectivity index (χ0n) is 17.4. The molecule has 0 unspecified atom stereocenters. The van der Waals surface area contributed by atoms with Crippen LogP contribution in [0, 0.1) is 5.82 Å². The molecule has 0 bridgehead atoms. The smallest absolute Gasteiger partial charge is 0.407 e. The van der Waals surface area contributed by atoms with Crippen LogP contribution < -0.4 is 5.32 Å². The molecule has 0 aromatic heterocycles. The van der Waals surface area contributed by atoms with E-state index in [-0.39, 0.29) is 37.0 Å². The van der Waals surface area contributed by atoms with E-state index >= 15 is 0 Å². The van der Waals surface area contributed by atoms with Crippen molar-refractivity contribution in [3.8, 4) is 0 Å². The van der Waals surface area contributed by atoms with Gasteiger partial charge in [0.25, 0.3) is 0 Å². The van der Waals surface area contributed by atoms with Crippen LogP contribution in [0.4, 0.5) is 9.18 Å². The van der Waals surface area contributed by atoms with Crippen molar-refractivity contribution in [2.45, 2.75) is 45.6 Å². The van der Waals surface area contributed by atoms with Crippen LogP contribution in [0.1, 0.15) is 39.2 Å². The summed E-state index contributed by atoms with van der Waals surface area (Å²) in [6, 6.07) is 6.03. The molecule has 3 amide bonds. The Labute approximate surface area is 171 Å². The van der Waals surface area contributed by atoms with Crippen LogP contribution >= 0.6 is 0 Å². The highest BCUT2D eigenvalue weighted by atomic mass is 19.1. The van der Waals surface area contributed by atoms with Crippen LogP contribution in [-0.4, -0.2) is 66.0 Å². The lowest BCUT2D eigenvalue weighted by molar-refractivity contribution is -0.133.